The topological polar surface area (TPSA) is 279 Å². The van der Waals surface area contributed by atoms with Gasteiger partial charge in [-0.05, 0) is 48.5 Å². The van der Waals surface area contributed by atoms with Gasteiger partial charge >= 0.3 is 41.3 Å². The van der Waals surface area contributed by atoms with Crippen LogP contribution >= 0.6 is 0 Å². The minimum atomic E-state index is -1.75. The number of hydrogen-bond acceptors (Lipinski definition) is 15. The molecule has 16 nitrogen and oxygen atoms in total. The van der Waals surface area contributed by atoms with E-state index in [1.807, 2.05) is 24.3 Å². The predicted molar refractivity (Wildman–Crippen MR) is 193 cm³/mol. The van der Waals surface area contributed by atoms with Gasteiger partial charge in [-0.3, -0.25) is 19.9 Å². The van der Waals surface area contributed by atoms with E-state index >= 15 is 0 Å². The summed E-state index contributed by atoms with van der Waals surface area (Å²) >= 11 is 0. The Morgan fingerprint density at radius 3 is 0.836 bits per heavy atom. The van der Waals surface area contributed by atoms with Crippen molar-refractivity contribution in [2.45, 2.75) is 0 Å². The summed E-state index contributed by atoms with van der Waals surface area (Å²) in [6.07, 6.45) is 7.21. The maximum absolute atomic E-state index is 10.2. The van der Waals surface area contributed by atoms with Gasteiger partial charge < -0.3 is 55.5 Å². The van der Waals surface area contributed by atoms with E-state index in [-0.39, 0.29) is 41.3 Å². The van der Waals surface area contributed by atoms with Gasteiger partial charge in [0, 0.05) is 46.3 Å². The van der Waals surface area contributed by atoms with Gasteiger partial charge in [-0.25, -0.2) is 0 Å². The standard InChI is InChI=1S/2C12H8N2.2C7H6O4.NO3.Pr/c2*1-3-9-5-6-10-4-2-8-14-12(10)11(9)13-7-1;2*8-4-2-1-3-5(9)6(4)7(10)11;2-1(3)4;/h2*1-8H;2*1-3,8-9H,(H,10,11);;/q;;;;-1;+3/p-2. The molecule has 0 saturated carbocycles. The molecule has 272 valence electrons. The molecule has 8 aromatic rings. The quantitative estimate of drug-likeness (QED) is 0.107. The summed E-state index contributed by atoms with van der Waals surface area (Å²) < 4.78 is 0. The van der Waals surface area contributed by atoms with Crippen LogP contribution in [0.4, 0.5) is 0 Å². The van der Waals surface area contributed by atoms with Gasteiger partial charge in [-0.1, -0.05) is 60.7 Å². The van der Waals surface area contributed by atoms with Crippen LogP contribution in [0.2, 0.25) is 0 Å². The number of aromatic nitrogens is 4. The van der Waals surface area contributed by atoms with Crippen LogP contribution in [0.15, 0.2) is 134 Å². The summed E-state index contributed by atoms with van der Waals surface area (Å²) in [5.74, 6) is -5.17. The Kier molecular flexibility index (Phi) is 15.9. The first-order valence-electron chi connectivity index (χ1n) is 15.3. The van der Waals surface area contributed by atoms with Gasteiger partial charge in [-0.2, -0.15) is 0 Å². The fourth-order valence-electron chi connectivity index (χ4n) is 4.83. The first kappa shape index (κ1) is 42.6. The van der Waals surface area contributed by atoms with Crippen LogP contribution in [0.5, 0.6) is 23.0 Å². The predicted octanol–water partition coefficient (Wildman–Crippen LogP) is 4.25. The van der Waals surface area contributed by atoms with Gasteiger partial charge in [0.15, 0.2) is 0 Å². The molecule has 0 aliphatic carbocycles. The normalized spacial score (nSPS) is 9.75. The number of pyridine rings is 4. The zero-order valence-electron chi connectivity index (χ0n) is 28.2. The zero-order valence-corrected chi connectivity index (χ0v) is 31.9. The van der Waals surface area contributed by atoms with Crippen molar-refractivity contribution in [2.75, 3.05) is 0 Å². The summed E-state index contributed by atoms with van der Waals surface area (Å²) in [5, 5.41) is 75.2. The van der Waals surface area contributed by atoms with Gasteiger partial charge in [0.05, 0.1) is 50.2 Å². The Hall–Kier alpha value is -6.78. The number of phenols is 4. The number of carboxylic acids is 2. The molecule has 4 N–H and O–H groups in total. The molecule has 0 atom stereocenters. The molecule has 0 amide bonds. The van der Waals surface area contributed by atoms with Crippen molar-refractivity contribution in [1.29, 1.82) is 0 Å². The van der Waals surface area contributed by atoms with Crippen molar-refractivity contribution < 1.29 is 86.6 Å². The Bertz CT molecular complexity index is 2270. The number of aromatic hydroxyl groups is 4. The second-order valence-corrected chi connectivity index (χ2v) is 10.6. The molecule has 0 aliphatic rings. The molecule has 4 heterocycles. The summed E-state index contributed by atoms with van der Waals surface area (Å²) in [6, 6.07) is 31.6. The fourth-order valence-corrected chi connectivity index (χ4v) is 4.83. The third-order valence-electron chi connectivity index (χ3n) is 7.14. The van der Waals surface area contributed by atoms with E-state index in [0.29, 0.717) is 0 Å². The first-order valence-corrected chi connectivity index (χ1v) is 15.3. The Labute approximate surface area is 343 Å². The SMILES string of the molecule is O=C([O-])c1c(O)cccc1O.O=C([O-])c1c(O)cccc1O.O=[N+]([O-])[O-].[Pr+3].c1cnc2c(c1)ccc1cccnc12.c1cnc2c(c1)ccc1cccnc12. The van der Waals surface area contributed by atoms with E-state index in [4.69, 9.17) is 35.7 Å². The molecule has 17 heteroatoms. The molecule has 0 saturated heterocycles. The summed E-state index contributed by atoms with van der Waals surface area (Å²) in [6.45, 7) is 0. The number of fused-ring (bicyclic) bond motifs is 6. The average Bonchev–Trinajstić information content (AvgIpc) is 3.15. The van der Waals surface area contributed by atoms with Crippen LogP contribution in [0, 0.1) is 56.6 Å². The van der Waals surface area contributed by atoms with Crippen molar-refractivity contribution in [3.05, 3.63) is 160 Å². The number of carboxylic acid groups (broad SMARTS) is 2. The smallest absolute Gasteiger partial charge is 0.545 e. The molecular formula is C38H26N5O11Pr. The third kappa shape index (κ3) is 11.6. The maximum Gasteiger partial charge on any atom is 3.00 e. The third-order valence-corrected chi connectivity index (χ3v) is 7.14. The van der Waals surface area contributed by atoms with Crippen molar-refractivity contribution in [3.63, 3.8) is 0 Å². The number of aromatic carboxylic acids is 2. The first-order chi connectivity index (χ1) is 25.9. The Morgan fingerprint density at radius 1 is 0.436 bits per heavy atom. The molecule has 0 radical (unpaired) electrons. The monoisotopic (exact) mass is 869 g/mol. The number of nitrogens with zero attached hydrogens (tertiary/aromatic N) is 5. The van der Waals surface area contributed by atoms with E-state index in [9.17, 15) is 19.8 Å². The minimum Gasteiger partial charge on any atom is -0.545 e. The Morgan fingerprint density at radius 2 is 0.655 bits per heavy atom. The number of carbonyl (C=O) groups excluding carboxylic acids is 2. The van der Waals surface area contributed by atoms with Gasteiger partial charge in [-0.15, -0.1) is 0 Å². The van der Waals surface area contributed by atoms with Crippen LogP contribution in [0.3, 0.4) is 0 Å². The average molecular weight is 870 g/mol. The molecular weight excluding hydrogens is 843 g/mol. The van der Waals surface area contributed by atoms with E-state index < -0.39 is 51.2 Å². The molecule has 55 heavy (non-hydrogen) atoms. The van der Waals surface area contributed by atoms with E-state index in [2.05, 4.69) is 68.5 Å². The Balaban J connectivity index is 0.000000191. The molecule has 8 rings (SSSR count). The van der Waals surface area contributed by atoms with E-state index in [1.165, 1.54) is 12.1 Å². The largest absolute Gasteiger partial charge is 3.00 e. The molecule has 0 spiro atoms. The fraction of sp³-hybridized carbons (Fsp3) is 0. The van der Waals surface area contributed by atoms with Gasteiger partial charge in [0.1, 0.15) is 23.0 Å². The van der Waals surface area contributed by atoms with E-state index in [0.717, 1.165) is 67.9 Å². The van der Waals surface area contributed by atoms with Crippen molar-refractivity contribution in [1.82, 2.24) is 19.9 Å². The van der Waals surface area contributed by atoms with Crippen LogP contribution in [0.25, 0.3) is 43.6 Å². The summed E-state index contributed by atoms with van der Waals surface area (Å²) in [4.78, 5) is 46.1. The van der Waals surface area contributed by atoms with Crippen molar-refractivity contribution in [3.8, 4) is 23.0 Å². The second-order valence-electron chi connectivity index (χ2n) is 10.6. The van der Waals surface area contributed by atoms with Crippen molar-refractivity contribution in [2.24, 2.45) is 0 Å². The molecule has 0 unspecified atom stereocenters. The van der Waals surface area contributed by atoms with Gasteiger partial charge in [0.25, 0.3) is 0 Å². The van der Waals surface area contributed by atoms with Crippen LogP contribution in [-0.2, 0) is 0 Å². The second kappa shape index (κ2) is 20.5. The molecule has 4 aromatic heterocycles. The van der Waals surface area contributed by atoms with Crippen LogP contribution < -0.4 is 10.2 Å². The molecule has 0 bridgehead atoms. The van der Waals surface area contributed by atoms with Crippen LogP contribution in [0.1, 0.15) is 20.7 Å². The van der Waals surface area contributed by atoms with Gasteiger partial charge in [0.2, 0.25) is 0 Å². The number of benzene rings is 4. The zero-order chi connectivity index (χ0) is 39.2. The number of rotatable bonds is 2. The van der Waals surface area contributed by atoms with Crippen molar-refractivity contribution >= 4 is 55.6 Å². The summed E-state index contributed by atoms with van der Waals surface area (Å²) in [5.41, 5.74) is 2.76. The maximum atomic E-state index is 10.2. The molecule has 4 aromatic carbocycles. The van der Waals surface area contributed by atoms with E-state index in [1.54, 1.807) is 24.8 Å². The van der Waals surface area contributed by atoms with Crippen LogP contribution in [-0.4, -0.2) is 57.4 Å². The molecule has 0 aliphatic heterocycles. The minimum absolute atomic E-state index is 0. The number of carbonyl (C=O) groups is 2. The summed E-state index contributed by atoms with van der Waals surface area (Å²) in [7, 11) is 0. The molecule has 0 fully saturated rings. The number of hydrogen-bond donors (Lipinski definition) is 4.